The van der Waals surface area contributed by atoms with E-state index in [2.05, 4.69) is 26.1 Å². The SMILES string of the molecule is Cc1ccc(S(=O)(=O)n2ccc3nc(NNC(=O)[C@H]4CC[C@@H](NC(=O)OC(C)(C)C)CC4)cnc32)cc1. The second-order valence-corrected chi connectivity index (χ2v) is 12.0. The van der Waals surface area contributed by atoms with Crippen LogP contribution in [0, 0.1) is 12.8 Å². The topological polar surface area (TPSA) is 144 Å². The summed E-state index contributed by atoms with van der Waals surface area (Å²) in [6.45, 7) is 7.32. The Labute approximate surface area is 216 Å². The summed E-state index contributed by atoms with van der Waals surface area (Å²) < 4.78 is 32.4. The van der Waals surface area contributed by atoms with E-state index in [9.17, 15) is 18.0 Å². The number of alkyl carbamates (subject to hydrolysis) is 1. The fraction of sp³-hybridized carbons (Fsp3) is 0.440. The smallest absolute Gasteiger partial charge is 0.407 e. The number of aryl methyl sites for hydroxylation is 1. The summed E-state index contributed by atoms with van der Waals surface area (Å²) in [7, 11) is -3.82. The van der Waals surface area contributed by atoms with Gasteiger partial charge < -0.3 is 10.1 Å². The highest BCUT2D eigenvalue weighted by Gasteiger charge is 2.28. The van der Waals surface area contributed by atoms with E-state index in [0.717, 1.165) is 9.54 Å². The van der Waals surface area contributed by atoms with Crippen LogP contribution in [0.1, 0.15) is 52.0 Å². The molecule has 0 aliphatic heterocycles. The van der Waals surface area contributed by atoms with E-state index in [-0.39, 0.29) is 34.2 Å². The summed E-state index contributed by atoms with van der Waals surface area (Å²) >= 11 is 0. The number of benzene rings is 1. The van der Waals surface area contributed by atoms with E-state index >= 15 is 0 Å². The number of carbonyl (C=O) groups is 2. The number of nitrogens with zero attached hydrogens (tertiary/aromatic N) is 3. The van der Waals surface area contributed by atoms with Crippen LogP contribution in [-0.2, 0) is 19.6 Å². The number of hydrogen-bond donors (Lipinski definition) is 3. The van der Waals surface area contributed by atoms with Crippen LogP contribution in [-0.4, -0.2) is 46.0 Å². The number of anilines is 1. The van der Waals surface area contributed by atoms with Crippen molar-refractivity contribution in [1.82, 2.24) is 24.7 Å². The molecule has 1 aliphatic rings. The van der Waals surface area contributed by atoms with Gasteiger partial charge in [0.15, 0.2) is 11.5 Å². The van der Waals surface area contributed by atoms with Crippen molar-refractivity contribution >= 4 is 39.0 Å². The summed E-state index contributed by atoms with van der Waals surface area (Å²) in [5, 5.41) is 2.86. The molecule has 0 radical (unpaired) electrons. The number of fused-ring (bicyclic) bond motifs is 1. The van der Waals surface area contributed by atoms with Gasteiger partial charge in [-0.1, -0.05) is 17.7 Å². The lowest BCUT2D eigenvalue weighted by Gasteiger charge is -2.29. The molecule has 0 spiro atoms. The van der Waals surface area contributed by atoms with Gasteiger partial charge in [0.1, 0.15) is 11.1 Å². The van der Waals surface area contributed by atoms with Crippen LogP contribution in [0.15, 0.2) is 47.6 Å². The van der Waals surface area contributed by atoms with Gasteiger partial charge in [-0.3, -0.25) is 15.6 Å². The van der Waals surface area contributed by atoms with Gasteiger partial charge in [0.05, 0.1) is 11.1 Å². The Balaban J connectivity index is 1.33. The van der Waals surface area contributed by atoms with Crippen LogP contribution >= 0.6 is 0 Å². The molecule has 3 N–H and O–H groups in total. The van der Waals surface area contributed by atoms with Crippen LogP contribution in [0.4, 0.5) is 10.6 Å². The first-order valence-corrected chi connectivity index (χ1v) is 13.6. The normalized spacial score (nSPS) is 18.3. The van der Waals surface area contributed by atoms with Crippen molar-refractivity contribution < 1.29 is 22.7 Å². The molecule has 11 nitrogen and oxygen atoms in total. The van der Waals surface area contributed by atoms with Crippen molar-refractivity contribution in [2.45, 2.75) is 69.9 Å². The van der Waals surface area contributed by atoms with Crippen molar-refractivity contribution in [3.8, 4) is 0 Å². The van der Waals surface area contributed by atoms with Gasteiger partial charge in [0.2, 0.25) is 5.91 Å². The maximum Gasteiger partial charge on any atom is 0.407 e. The quantitative estimate of drug-likeness (QED) is 0.412. The van der Waals surface area contributed by atoms with Crippen molar-refractivity contribution in [3.05, 3.63) is 48.3 Å². The molecule has 2 heterocycles. The van der Waals surface area contributed by atoms with Gasteiger partial charge in [-0.25, -0.2) is 27.2 Å². The Morgan fingerprint density at radius 2 is 1.73 bits per heavy atom. The fourth-order valence-corrected chi connectivity index (χ4v) is 5.46. The Morgan fingerprint density at radius 1 is 1.05 bits per heavy atom. The summed E-state index contributed by atoms with van der Waals surface area (Å²) in [6.07, 6.45) is 4.92. The molecule has 0 bridgehead atoms. The lowest BCUT2D eigenvalue weighted by Crippen LogP contribution is -2.43. The molecule has 0 atom stereocenters. The minimum absolute atomic E-state index is 0.0274. The maximum absolute atomic E-state index is 13.0. The summed E-state index contributed by atoms with van der Waals surface area (Å²) in [5.74, 6) is -0.106. The van der Waals surface area contributed by atoms with Crippen LogP contribution in [0.2, 0.25) is 0 Å². The van der Waals surface area contributed by atoms with E-state index in [1.807, 2.05) is 27.7 Å². The first-order valence-electron chi connectivity index (χ1n) is 12.1. The second-order valence-electron chi connectivity index (χ2n) is 10.2. The first kappa shape index (κ1) is 26.4. The minimum atomic E-state index is -3.82. The zero-order chi connectivity index (χ0) is 26.8. The van der Waals surface area contributed by atoms with Crippen LogP contribution in [0.5, 0.6) is 0 Å². The van der Waals surface area contributed by atoms with E-state index in [1.165, 1.54) is 12.4 Å². The molecule has 198 valence electrons. The van der Waals surface area contributed by atoms with Gasteiger partial charge in [-0.05, 0) is 71.6 Å². The van der Waals surface area contributed by atoms with Crippen LogP contribution in [0.3, 0.4) is 0 Å². The predicted molar refractivity (Wildman–Crippen MR) is 138 cm³/mol. The van der Waals surface area contributed by atoms with Gasteiger partial charge >= 0.3 is 6.09 Å². The molecule has 2 aromatic heterocycles. The Bertz CT molecular complexity index is 1390. The molecule has 1 aliphatic carbocycles. The predicted octanol–water partition coefficient (Wildman–Crippen LogP) is 3.50. The average Bonchev–Trinajstić information content (AvgIpc) is 3.26. The number of hydrogen-bond acceptors (Lipinski definition) is 8. The minimum Gasteiger partial charge on any atom is -0.444 e. The third kappa shape index (κ3) is 6.37. The standard InChI is InChI=1S/C25H32N6O5S/c1-16-5-11-19(12-6-16)37(34,35)31-14-13-20-22(31)26-15-21(28-20)29-30-23(32)17-7-9-18(10-8-17)27-24(33)36-25(2,3)4/h5-6,11-15,17-18H,7-10H2,1-4H3,(H,27,33)(H,28,29)(H,30,32)/t17-,18+. The zero-order valence-corrected chi connectivity index (χ0v) is 22.1. The largest absolute Gasteiger partial charge is 0.444 e. The highest BCUT2D eigenvalue weighted by atomic mass is 32.2. The molecule has 4 rings (SSSR count). The highest BCUT2D eigenvalue weighted by Crippen LogP contribution is 2.25. The third-order valence-electron chi connectivity index (χ3n) is 6.07. The number of ether oxygens (including phenoxy) is 1. The third-order valence-corrected chi connectivity index (χ3v) is 7.75. The lowest BCUT2D eigenvalue weighted by molar-refractivity contribution is -0.125. The number of hydrazine groups is 1. The Kier molecular flexibility index (Phi) is 7.39. The second kappa shape index (κ2) is 10.4. The molecule has 1 saturated carbocycles. The molecule has 1 fully saturated rings. The first-order chi connectivity index (χ1) is 17.4. The molecule has 0 unspecified atom stereocenters. The van der Waals surface area contributed by atoms with E-state index < -0.39 is 21.7 Å². The Hall–Kier alpha value is -3.67. The summed E-state index contributed by atoms with van der Waals surface area (Å²) in [5.41, 5.74) is 6.38. The van der Waals surface area contributed by atoms with Gasteiger partial charge in [-0.15, -0.1) is 0 Å². The van der Waals surface area contributed by atoms with Crippen LogP contribution in [0.25, 0.3) is 11.2 Å². The molecule has 1 aromatic carbocycles. The molecule has 2 amide bonds. The van der Waals surface area contributed by atoms with Crippen molar-refractivity contribution in [1.29, 1.82) is 0 Å². The lowest BCUT2D eigenvalue weighted by atomic mass is 9.85. The van der Waals surface area contributed by atoms with Crippen molar-refractivity contribution in [2.24, 2.45) is 5.92 Å². The molecule has 12 heteroatoms. The highest BCUT2D eigenvalue weighted by molar-refractivity contribution is 7.90. The average molecular weight is 529 g/mol. The van der Waals surface area contributed by atoms with Gasteiger partial charge in [0, 0.05) is 18.2 Å². The number of aromatic nitrogens is 3. The molecule has 3 aromatic rings. The number of nitrogens with one attached hydrogen (secondary N) is 3. The fourth-order valence-electron chi connectivity index (χ4n) is 4.17. The van der Waals surface area contributed by atoms with Crippen molar-refractivity contribution in [2.75, 3.05) is 5.43 Å². The molecular formula is C25H32N6O5S. The van der Waals surface area contributed by atoms with E-state index in [0.29, 0.717) is 31.2 Å². The Morgan fingerprint density at radius 3 is 2.38 bits per heavy atom. The van der Waals surface area contributed by atoms with Crippen LogP contribution < -0.4 is 16.2 Å². The molecular weight excluding hydrogens is 496 g/mol. The summed E-state index contributed by atoms with van der Waals surface area (Å²) in [6, 6.07) is 8.10. The van der Waals surface area contributed by atoms with Gasteiger partial charge in [0.25, 0.3) is 10.0 Å². The van der Waals surface area contributed by atoms with E-state index in [1.54, 1.807) is 30.3 Å². The van der Waals surface area contributed by atoms with Crippen molar-refractivity contribution in [3.63, 3.8) is 0 Å². The maximum atomic E-state index is 13.0. The number of amides is 2. The molecule has 37 heavy (non-hydrogen) atoms. The number of carbonyl (C=O) groups excluding carboxylic acids is 2. The van der Waals surface area contributed by atoms with E-state index in [4.69, 9.17) is 4.74 Å². The molecule has 0 saturated heterocycles. The number of rotatable bonds is 6. The summed E-state index contributed by atoms with van der Waals surface area (Å²) in [4.78, 5) is 33.4. The monoisotopic (exact) mass is 528 g/mol. The van der Waals surface area contributed by atoms with Gasteiger partial charge in [-0.2, -0.15) is 0 Å². The zero-order valence-electron chi connectivity index (χ0n) is 21.3.